The van der Waals surface area contributed by atoms with E-state index >= 15 is 0 Å². The fourth-order valence-electron chi connectivity index (χ4n) is 4.80. The van der Waals surface area contributed by atoms with Crippen LogP contribution in [-0.2, 0) is 13.0 Å². The average molecular weight is 446 g/mol. The average Bonchev–Trinajstić information content (AvgIpc) is 2.77. The molecule has 1 fully saturated rings. The number of hydrogen-bond donors (Lipinski definition) is 2. The molecule has 2 aliphatic rings. The summed E-state index contributed by atoms with van der Waals surface area (Å²) in [5.41, 5.74) is 1.64. The third kappa shape index (κ3) is 4.45. The first-order valence-corrected chi connectivity index (χ1v) is 11.1. The zero-order chi connectivity index (χ0) is 22.8. The van der Waals surface area contributed by atoms with Crippen LogP contribution in [0.25, 0.3) is 0 Å². The SMILES string of the molecule is Cc1nc2n(c(=O)c1CCN1CCC(/C(=N/O)c3ccc(F)cc3F)CC1)CCCC2O. The number of nitrogens with zero attached hydrogens (tertiary/aromatic N) is 4. The molecule has 2 N–H and O–H groups in total. The maximum atomic E-state index is 14.2. The Hall–Kier alpha value is -2.65. The highest BCUT2D eigenvalue weighted by Crippen LogP contribution is 2.25. The van der Waals surface area contributed by atoms with Crippen molar-refractivity contribution in [1.29, 1.82) is 0 Å². The Morgan fingerprint density at radius 3 is 2.66 bits per heavy atom. The fourth-order valence-corrected chi connectivity index (χ4v) is 4.80. The molecular weight excluding hydrogens is 418 g/mol. The Balaban J connectivity index is 1.39. The van der Waals surface area contributed by atoms with Gasteiger partial charge in [0.2, 0.25) is 0 Å². The van der Waals surface area contributed by atoms with E-state index in [2.05, 4.69) is 15.0 Å². The smallest absolute Gasteiger partial charge is 0.257 e. The first kappa shape index (κ1) is 22.5. The lowest BCUT2D eigenvalue weighted by atomic mass is 9.88. The molecule has 1 atom stereocenters. The molecule has 1 unspecified atom stereocenters. The highest BCUT2D eigenvalue weighted by molar-refractivity contribution is 6.02. The largest absolute Gasteiger partial charge is 0.411 e. The number of oxime groups is 1. The third-order valence-corrected chi connectivity index (χ3v) is 6.62. The van der Waals surface area contributed by atoms with Crippen molar-refractivity contribution >= 4 is 5.71 Å². The van der Waals surface area contributed by atoms with Crippen molar-refractivity contribution in [2.24, 2.45) is 11.1 Å². The van der Waals surface area contributed by atoms with Crippen molar-refractivity contribution in [3.8, 4) is 0 Å². The molecule has 0 bridgehead atoms. The number of benzene rings is 1. The molecule has 9 heteroatoms. The number of piperidine rings is 1. The minimum atomic E-state index is -0.735. The van der Waals surface area contributed by atoms with Crippen LogP contribution in [0.15, 0.2) is 28.1 Å². The van der Waals surface area contributed by atoms with Gasteiger partial charge in [-0.25, -0.2) is 13.8 Å². The number of rotatable bonds is 5. The summed E-state index contributed by atoms with van der Waals surface area (Å²) in [5, 5.41) is 22.9. The van der Waals surface area contributed by atoms with Crippen molar-refractivity contribution in [1.82, 2.24) is 14.5 Å². The molecule has 1 aromatic carbocycles. The van der Waals surface area contributed by atoms with Gasteiger partial charge >= 0.3 is 0 Å². The van der Waals surface area contributed by atoms with E-state index in [9.17, 15) is 23.9 Å². The standard InChI is InChI=1S/C23H28F2N4O3/c1-14-17(23(31)29-9-2-3-20(30)22(29)26-14)8-12-28-10-6-15(7-11-28)21(27-32)18-5-4-16(24)13-19(18)25/h4-5,13,15,20,30,32H,2-3,6-12H2,1H3/b27-21-. The zero-order valence-electron chi connectivity index (χ0n) is 18.1. The van der Waals surface area contributed by atoms with Crippen LogP contribution < -0.4 is 5.56 Å². The molecule has 7 nitrogen and oxygen atoms in total. The third-order valence-electron chi connectivity index (χ3n) is 6.62. The van der Waals surface area contributed by atoms with Gasteiger partial charge in [-0.05, 0) is 64.3 Å². The van der Waals surface area contributed by atoms with Gasteiger partial charge in [-0.15, -0.1) is 0 Å². The van der Waals surface area contributed by atoms with Gasteiger partial charge in [0, 0.05) is 41.9 Å². The summed E-state index contributed by atoms with van der Waals surface area (Å²) >= 11 is 0. The van der Waals surface area contributed by atoms with E-state index in [0.29, 0.717) is 68.9 Å². The molecule has 1 saturated heterocycles. The first-order valence-electron chi connectivity index (χ1n) is 11.1. The van der Waals surface area contributed by atoms with Crippen LogP contribution in [0.1, 0.15) is 54.4 Å². The zero-order valence-corrected chi connectivity index (χ0v) is 18.1. The summed E-state index contributed by atoms with van der Waals surface area (Å²) < 4.78 is 29.0. The van der Waals surface area contributed by atoms with Gasteiger partial charge < -0.3 is 15.2 Å². The van der Waals surface area contributed by atoms with E-state index in [-0.39, 0.29) is 22.8 Å². The number of hydrogen-bond acceptors (Lipinski definition) is 6. The molecule has 0 radical (unpaired) electrons. The van der Waals surface area contributed by atoms with Crippen LogP contribution in [0.4, 0.5) is 8.78 Å². The molecule has 172 valence electrons. The van der Waals surface area contributed by atoms with Gasteiger partial charge in [0.05, 0.1) is 5.71 Å². The van der Waals surface area contributed by atoms with Crippen LogP contribution >= 0.6 is 0 Å². The molecule has 3 heterocycles. The number of aryl methyl sites for hydroxylation is 1. The molecule has 0 aliphatic carbocycles. The Kier molecular flexibility index (Phi) is 6.66. The highest BCUT2D eigenvalue weighted by atomic mass is 19.1. The van der Waals surface area contributed by atoms with Crippen LogP contribution in [0.3, 0.4) is 0 Å². The molecular formula is C23H28F2N4O3. The molecule has 4 rings (SSSR count). The number of aliphatic hydroxyl groups excluding tert-OH is 1. The van der Waals surface area contributed by atoms with Crippen LogP contribution in [0.2, 0.25) is 0 Å². The van der Waals surface area contributed by atoms with Crippen molar-refractivity contribution in [2.45, 2.75) is 51.7 Å². The molecule has 32 heavy (non-hydrogen) atoms. The van der Waals surface area contributed by atoms with Gasteiger partial charge in [-0.1, -0.05) is 5.16 Å². The number of aromatic nitrogens is 2. The van der Waals surface area contributed by atoms with Crippen LogP contribution in [0.5, 0.6) is 0 Å². The van der Waals surface area contributed by atoms with Crippen LogP contribution in [0, 0.1) is 24.5 Å². The van der Waals surface area contributed by atoms with E-state index in [1.807, 2.05) is 6.92 Å². The summed E-state index contributed by atoms with van der Waals surface area (Å²) in [5.74, 6) is -1.07. The monoisotopic (exact) mass is 446 g/mol. The minimum Gasteiger partial charge on any atom is -0.411 e. The predicted molar refractivity (Wildman–Crippen MR) is 115 cm³/mol. The van der Waals surface area contributed by atoms with E-state index in [1.165, 1.54) is 6.07 Å². The number of likely N-dealkylation sites (tertiary alicyclic amines) is 1. The summed E-state index contributed by atoms with van der Waals surface area (Å²) in [6.45, 7) is 4.50. The molecule has 2 aliphatic heterocycles. The Morgan fingerprint density at radius 1 is 1.22 bits per heavy atom. The Labute approximate surface area is 185 Å². The predicted octanol–water partition coefficient (Wildman–Crippen LogP) is 2.79. The van der Waals surface area contributed by atoms with Crippen molar-refractivity contribution in [2.75, 3.05) is 19.6 Å². The van der Waals surface area contributed by atoms with Gasteiger partial charge in [0.25, 0.3) is 5.56 Å². The summed E-state index contributed by atoms with van der Waals surface area (Å²) in [6, 6.07) is 3.26. The number of aliphatic hydroxyl groups is 1. The molecule has 2 aromatic rings. The van der Waals surface area contributed by atoms with E-state index in [1.54, 1.807) is 4.57 Å². The van der Waals surface area contributed by atoms with Crippen LogP contribution in [-0.4, -0.2) is 50.1 Å². The van der Waals surface area contributed by atoms with E-state index < -0.39 is 17.7 Å². The van der Waals surface area contributed by atoms with Gasteiger partial charge in [-0.2, -0.15) is 0 Å². The Morgan fingerprint density at radius 2 is 1.97 bits per heavy atom. The lowest BCUT2D eigenvalue weighted by molar-refractivity contribution is 0.129. The van der Waals surface area contributed by atoms with E-state index in [4.69, 9.17) is 0 Å². The lowest BCUT2D eigenvalue weighted by Gasteiger charge is -2.32. The summed E-state index contributed by atoms with van der Waals surface area (Å²) in [7, 11) is 0. The summed E-state index contributed by atoms with van der Waals surface area (Å²) in [4.78, 5) is 19.7. The fraction of sp³-hybridized carbons (Fsp3) is 0.522. The number of fused-ring (bicyclic) bond motifs is 1. The quantitative estimate of drug-likeness (QED) is 0.419. The normalized spacial score (nSPS) is 20.4. The summed E-state index contributed by atoms with van der Waals surface area (Å²) in [6.07, 6.45) is 2.60. The first-order chi connectivity index (χ1) is 15.4. The van der Waals surface area contributed by atoms with Gasteiger partial charge in [0.1, 0.15) is 23.6 Å². The molecule has 0 saturated carbocycles. The van der Waals surface area contributed by atoms with Crippen molar-refractivity contribution in [3.05, 3.63) is 62.8 Å². The van der Waals surface area contributed by atoms with Crippen molar-refractivity contribution in [3.63, 3.8) is 0 Å². The molecule has 0 amide bonds. The maximum Gasteiger partial charge on any atom is 0.257 e. The number of halogens is 2. The second kappa shape index (κ2) is 9.46. The van der Waals surface area contributed by atoms with Gasteiger partial charge in [-0.3, -0.25) is 9.36 Å². The molecule has 1 aromatic heterocycles. The topological polar surface area (TPSA) is 91.0 Å². The minimum absolute atomic E-state index is 0.0670. The second-order valence-electron chi connectivity index (χ2n) is 8.62. The highest BCUT2D eigenvalue weighted by Gasteiger charge is 2.28. The van der Waals surface area contributed by atoms with Gasteiger partial charge in [0.15, 0.2) is 0 Å². The second-order valence-corrected chi connectivity index (χ2v) is 8.62. The lowest BCUT2D eigenvalue weighted by Crippen LogP contribution is -2.39. The molecule has 0 spiro atoms. The van der Waals surface area contributed by atoms with E-state index in [0.717, 1.165) is 18.6 Å². The van der Waals surface area contributed by atoms with Crippen molar-refractivity contribution < 1.29 is 19.1 Å². The Bertz CT molecular complexity index is 1080. The maximum absolute atomic E-state index is 14.2.